The van der Waals surface area contributed by atoms with E-state index in [1.165, 1.54) is 0 Å². The second kappa shape index (κ2) is 5.26. The van der Waals surface area contributed by atoms with Crippen molar-refractivity contribution in [3.63, 3.8) is 0 Å². The van der Waals surface area contributed by atoms with Crippen LogP contribution in [0.15, 0.2) is 0 Å². The molecule has 0 aliphatic heterocycles. The molecule has 0 aromatic heterocycles. The summed E-state index contributed by atoms with van der Waals surface area (Å²) in [6.45, 7) is 2.12. The Morgan fingerprint density at radius 3 is 2.85 bits per heavy atom. The number of hydrogen-bond donors (Lipinski definition) is 2. The molecular formula is C11H19NO. The monoisotopic (exact) mass is 181 g/mol. The predicted octanol–water partition coefficient (Wildman–Crippen LogP) is 1.29. The third-order valence-corrected chi connectivity index (χ3v) is 2.67. The molecule has 1 aliphatic rings. The highest BCUT2D eigenvalue weighted by atomic mass is 16.3. The van der Waals surface area contributed by atoms with Crippen LogP contribution in [0.5, 0.6) is 0 Å². The summed E-state index contributed by atoms with van der Waals surface area (Å²) in [4.78, 5) is 0. The number of rotatable bonds is 4. The van der Waals surface area contributed by atoms with Crippen molar-refractivity contribution in [3.8, 4) is 12.3 Å². The van der Waals surface area contributed by atoms with Crippen LogP contribution >= 0.6 is 0 Å². The largest absolute Gasteiger partial charge is 0.392 e. The molecule has 0 aromatic carbocycles. The van der Waals surface area contributed by atoms with Gasteiger partial charge in [-0.25, -0.2) is 0 Å². The predicted molar refractivity (Wildman–Crippen MR) is 54.3 cm³/mol. The summed E-state index contributed by atoms with van der Waals surface area (Å²) in [5.41, 5.74) is 0. The van der Waals surface area contributed by atoms with Gasteiger partial charge in [0.15, 0.2) is 0 Å². The van der Waals surface area contributed by atoms with Crippen LogP contribution in [-0.2, 0) is 0 Å². The summed E-state index contributed by atoms with van der Waals surface area (Å²) >= 11 is 0. The Morgan fingerprint density at radius 1 is 1.62 bits per heavy atom. The van der Waals surface area contributed by atoms with Crippen LogP contribution in [0.1, 0.15) is 39.0 Å². The fourth-order valence-corrected chi connectivity index (χ4v) is 1.90. The Labute approximate surface area is 80.7 Å². The zero-order valence-corrected chi connectivity index (χ0v) is 8.29. The van der Waals surface area contributed by atoms with Crippen LogP contribution in [-0.4, -0.2) is 23.3 Å². The topological polar surface area (TPSA) is 32.3 Å². The quantitative estimate of drug-likeness (QED) is 0.641. The lowest BCUT2D eigenvalue weighted by Crippen LogP contribution is -2.41. The van der Waals surface area contributed by atoms with Gasteiger partial charge in [0.2, 0.25) is 0 Å². The molecule has 2 nitrogen and oxygen atoms in total. The van der Waals surface area contributed by atoms with E-state index in [4.69, 9.17) is 6.42 Å². The van der Waals surface area contributed by atoms with Crippen molar-refractivity contribution in [1.82, 2.24) is 5.32 Å². The molecule has 0 bridgehead atoms. The first-order chi connectivity index (χ1) is 6.27. The first-order valence-corrected chi connectivity index (χ1v) is 5.18. The molecule has 1 saturated carbocycles. The Kier molecular flexibility index (Phi) is 4.27. The average molecular weight is 181 g/mol. The summed E-state index contributed by atoms with van der Waals surface area (Å²) in [6, 6.07) is 0.371. The van der Waals surface area contributed by atoms with Gasteiger partial charge in [-0.1, -0.05) is 19.3 Å². The Balaban J connectivity index is 2.33. The molecule has 0 radical (unpaired) electrons. The van der Waals surface area contributed by atoms with Crippen molar-refractivity contribution >= 4 is 0 Å². The highest BCUT2D eigenvalue weighted by Gasteiger charge is 2.26. The van der Waals surface area contributed by atoms with Gasteiger partial charge in [-0.15, -0.1) is 6.42 Å². The molecule has 74 valence electrons. The molecule has 0 heterocycles. The van der Waals surface area contributed by atoms with Gasteiger partial charge < -0.3 is 5.11 Å². The number of aliphatic hydroxyl groups excluding tert-OH is 1. The van der Waals surface area contributed by atoms with E-state index in [9.17, 15) is 5.11 Å². The summed E-state index contributed by atoms with van der Waals surface area (Å²) < 4.78 is 0. The molecule has 0 saturated heterocycles. The van der Waals surface area contributed by atoms with Gasteiger partial charge in [0.25, 0.3) is 0 Å². The molecule has 1 rings (SSSR count). The van der Waals surface area contributed by atoms with E-state index >= 15 is 0 Å². The molecule has 2 heteroatoms. The highest BCUT2D eigenvalue weighted by molar-refractivity contribution is 5.01. The summed E-state index contributed by atoms with van der Waals surface area (Å²) in [5.74, 6) is 2.73. The van der Waals surface area contributed by atoms with Crippen LogP contribution in [0.25, 0.3) is 0 Å². The van der Waals surface area contributed by atoms with Gasteiger partial charge >= 0.3 is 0 Å². The van der Waals surface area contributed by atoms with Crippen LogP contribution in [0, 0.1) is 12.3 Å². The van der Waals surface area contributed by atoms with Gasteiger partial charge in [0.1, 0.15) is 0 Å². The van der Waals surface area contributed by atoms with Gasteiger partial charge in [-0.2, -0.15) is 0 Å². The minimum absolute atomic E-state index is 0.141. The van der Waals surface area contributed by atoms with Crippen LogP contribution in [0.2, 0.25) is 0 Å². The molecule has 3 unspecified atom stereocenters. The van der Waals surface area contributed by atoms with Crippen LogP contribution in [0.3, 0.4) is 0 Å². The normalized spacial score (nSPS) is 29.9. The second-order valence-corrected chi connectivity index (χ2v) is 3.78. The molecule has 0 spiro atoms. The summed E-state index contributed by atoms with van der Waals surface area (Å²) in [6.07, 6.45) is 10.4. The van der Waals surface area contributed by atoms with E-state index in [1.807, 2.05) is 0 Å². The van der Waals surface area contributed by atoms with Gasteiger partial charge in [0, 0.05) is 6.04 Å². The standard InChI is InChI=1S/C11H19NO/c1-3-6-9(4-2)12-10-7-5-8-11(10)13/h2,9-13H,3,5-8H2,1H3. The van der Waals surface area contributed by atoms with E-state index < -0.39 is 0 Å². The van der Waals surface area contributed by atoms with Crippen molar-refractivity contribution in [2.45, 2.75) is 57.2 Å². The zero-order chi connectivity index (χ0) is 9.68. The zero-order valence-electron chi connectivity index (χ0n) is 8.29. The molecule has 0 amide bonds. The summed E-state index contributed by atoms with van der Waals surface area (Å²) in [5, 5.41) is 12.9. The first-order valence-electron chi connectivity index (χ1n) is 5.18. The number of nitrogens with one attached hydrogen (secondary N) is 1. The summed E-state index contributed by atoms with van der Waals surface area (Å²) in [7, 11) is 0. The van der Waals surface area contributed by atoms with Gasteiger partial charge in [-0.05, 0) is 25.7 Å². The molecule has 1 aliphatic carbocycles. The average Bonchev–Trinajstić information content (AvgIpc) is 2.51. The SMILES string of the molecule is C#CC(CCC)NC1CCCC1O. The Morgan fingerprint density at radius 2 is 2.38 bits per heavy atom. The lowest BCUT2D eigenvalue weighted by atomic mass is 10.1. The molecule has 3 atom stereocenters. The number of terminal acetylenes is 1. The maximum atomic E-state index is 9.57. The van der Waals surface area contributed by atoms with E-state index in [1.54, 1.807) is 0 Å². The van der Waals surface area contributed by atoms with Gasteiger partial charge in [0.05, 0.1) is 12.1 Å². The molecule has 13 heavy (non-hydrogen) atoms. The van der Waals surface area contributed by atoms with Crippen molar-refractivity contribution in [3.05, 3.63) is 0 Å². The lowest BCUT2D eigenvalue weighted by Gasteiger charge is -2.20. The molecule has 1 fully saturated rings. The van der Waals surface area contributed by atoms with Crippen molar-refractivity contribution in [2.75, 3.05) is 0 Å². The third kappa shape index (κ3) is 3.02. The van der Waals surface area contributed by atoms with Gasteiger partial charge in [-0.3, -0.25) is 5.32 Å². The van der Waals surface area contributed by atoms with Crippen LogP contribution in [0.4, 0.5) is 0 Å². The van der Waals surface area contributed by atoms with Crippen LogP contribution < -0.4 is 5.32 Å². The number of aliphatic hydroxyl groups is 1. The van der Waals surface area contributed by atoms with E-state index in [2.05, 4.69) is 18.2 Å². The van der Waals surface area contributed by atoms with E-state index in [0.29, 0.717) is 0 Å². The van der Waals surface area contributed by atoms with Crippen molar-refractivity contribution in [1.29, 1.82) is 0 Å². The Bertz CT molecular complexity index is 185. The third-order valence-electron chi connectivity index (χ3n) is 2.67. The van der Waals surface area contributed by atoms with E-state index in [0.717, 1.165) is 32.1 Å². The van der Waals surface area contributed by atoms with Crippen molar-refractivity contribution in [2.24, 2.45) is 0 Å². The fraction of sp³-hybridized carbons (Fsp3) is 0.818. The maximum absolute atomic E-state index is 9.57. The minimum Gasteiger partial charge on any atom is -0.392 e. The number of hydrogen-bond acceptors (Lipinski definition) is 2. The molecule has 2 N–H and O–H groups in total. The second-order valence-electron chi connectivity index (χ2n) is 3.78. The first kappa shape index (κ1) is 10.6. The van der Waals surface area contributed by atoms with Crippen molar-refractivity contribution < 1.29 is 5.11 Å². The maximum Gasteiger partial charge on any atom is 0.0693 e. The smallest absolute Gasteiger partial charge is 0.0693 e. The highest BCUT2D eigenvalue weighted by Crippen LogP contribution is 2.19. The van der Waals surface area contributed by atoms with E-state index in [-0.39, 0.29) is 18.2 Å². The fourth-order valence-electron chi connectivity index (χ4n) is 1.90. The Hall–Kier alpha value is -0.520. The molecule has 0 aromatic rings. The lowest BCUT2D eigenvalue weighted by molar-refractivity contribution is 0.145. The molecular weight excluding hydrogens is 162 g/mol. The minimum atomic E-state index is -0.187.